The zero-order valence-electron chi connectivity index (χ0n) is 15.5. The van der Waals surface area contributed by atoms with Gasteiger partial charge >= 0.3 is 5.97 Å². The monoisotopic (exact) mass is 367 g/mol. The highest BCUT2D eigenvalue weighted by atomic mass is 16.5. The van der Waals surface area contributed by atoms with E-state index in [1.54, 1.807) is 18.2 Å². The number of rotatable bonds is 6. The lowest BCUT2D eigenvalue weighted by Gasteiger charge is -2.39. The van der Waals surface area contributed by atoms with Gasteiger partial charge in [-0.2, -0.15) is 0 Å². The molecule has 0 unspecified atom stereocenters. The van der Waals surface area contributed by atoms with Crippen molar-refractivity contribution in [1.82, 2.24) is 5.32 Å². The minimum Gasteiger partial charge on any atom is -0.478 e. The van der Waals surface area contributed by atoms with Gasteiger partial charge < -0.3 is 15.2 Å². The molecule has 0 radical (unpaired) electrons. The van der Waals surface area contributed by atoms with Gasteiger partial charge in [-0.05, 0) is 42.5 Å². The predicted octanol–water partition coefficient (Wildman–Crippen LogP) is 3.10. The van der Waals surface area contributed by atoms with Gasteiger partial charge in [0.2, 0.25) is 5.91 Å². The van der Waals surface area contributed by atoms with Crippen LogP contribution in [0.2, 0.25) is 0 Å². The third-order valence-electron chi connectivity index (χ3n) is 5.39. The molecular weight excluding hydrogens is 342 g/mol. The van der Waals surface area contributed by atoms with E-state index < -0.39 is 5.97 Å². The van der Waals surface area contributed by atoms with E-state index in [1.165, 1.54) is 17.2 Å². The Morgan fingerprint density at radius 2 is 1.74 bits per heavy atom. The Hall–Kier alpha value is -2.66. The van der Waals surface area contributed by atoms with Crippen molar-refractivity contribution < 1.29 is 19.4 Å². The number of carboxylic acid groups (broad SMARTS) is 1. The average Bonchev–Trinajstić information content (AvgIpc) is 2.68. The third-order valence-corrected chi connectivity index (χ3v) is 5.39. The lowest BCUT2D eigenvalue weighted by Crippen LogP contribution is -2.45. The van der Waals surface area contributed by atoms with Crippen LogP contribution in [0.25, 0.3) is 0 Å². The molecule has 5 heteroatoms. The summed E-state index contributed by atoms with van der Waals surface area (Å²) in [6.45, 7) is 3.96. The number of carbonyl (C=O) groups is 2. The number of hydrogen-bond donors (Lipinski definition) is 2. The molecule has 0 atom stereocenters. The van der Waals surface area contributed by atoms with Crippen molar-refractivity contribution in [2.75, 3.05) is 19.8 Å². The van der Waals surface area contributed by atoms with Gasteiger partial charge in [-0.25, -0.2) is 4.79 Å². The fraction of sp³-hybridized carbons (Fsp3) is 0.364. The van der Waals surface area contributed by atoms with Crippen LogP contribution in [0, 0.1) is 6.92 Å². The fourth-order valence-corrected chi connectivity index (χ4v) is 3.86. The average molecular weight is 367 g/mol. The standard InChI is InChI=1S/C22H25NO4/c1-16-6-2-5-9-19(16)22(10-12-27-13-11-22)15-23-20(24)14-17-7-3-4-8-18(17)21(25)26/h2-9H,10-15H2,1H3,(H,23,24)(H,25,26). The SMILES string of the molecule is Cc1ccccc1C1(CNC(=O)Cc2ccccc2C(=O)O)CCOCC1. The number of carbonyl (C=O) groups excluding carboxylic acids is 1. The molecule has 27 heavy (non-hydrogen) atoms. The van der Waals surface area contributed by atoms with Gasteiger partial charge in [0.15, 0.2) is 0 Å². The number of carboxylic acids is 1. The summed E-state index contributed by atoms with van der Waals surface area (Å²) in [4.78, 5) is 23.9. The van der Waals surface area contributed by atoms with E-state index in [0.29, 0.717) is 25.3 Å². The molecule has 142 valence electrons. The first-order valence-corrected chi connectivity index (χ1v) is 9.24. The zero-order chi connectivity index (χ0) is 19.3. The highest BCUT2D eigenvalue weighted by molar-refractivity contribution is 5.91. The van der Waals surface area contributed by atoms with Gasteiger partial charge in [0.1, 0.15) is 0 Å². The second-order valence-electron chi connectivity index (χ2n) is 7.12. The van der Waals surface area contributed by atoms with E-state index in [2.05, 4.69) is 24.4 Å². The normalized spacial score (nSPS) is 15.9. The summed E-state index contributed by atoms with van der Waals surface area (Å²) in [5.74, 6) is -1.18. The number of aromatic carboxylic acids is 1. The number of hydrogen-bond acceptors (Lipinski definition) is 3. The Labute approximate surface area is 159 Å². The third kappa shape index (κ3) is 4.37. The highest BCUT2D eigenvalue weighted by Gasteiger charge is 2.35. The number of ether oxygens (including phenoxy) is 1. The van der Waals surface area contributed by atoms with Crippen LogP contribution in [0.4, 0.5) is 0 Å². The van der Waals surface area contributed by atoms with E-state index in [9.17, 15) is 14.7 Å². The second-order valence-corrected chi connectivity index (χ2v) is 7.12. The zero-order valence-corrected chi connectivity index (χ0v) is 15.5. The molecule has 0 bridgehead atoms. The Morgan fingerprint density at radius 1 is 1.07 bits per heavy atom. The number of nitrogens with one attached hydrogen (secondary N) is 1. The lowest BCUT2D eigenvalue weighted by molar-refractivity contribution is -0.121. The Bertz CT molecular complexity index is 825. The first-order valence-electron chi connectivity index (χ1n) is 9.24. The van der Waals surface area contributed by atoms with E-state index in [0.717, 1.165) is 12.8 Å². The number of amides is 1. The first kappa shape index (κ1) is 19.1. The molecule has 1 amide bonds. The Morgan fingerprint density at radius 3 is 2.44 bits per heavy atom. The van der Waals surface area contributed by atoms with Crippen molar-refractivity contribution in [2.24, 2.45) is 0 Å². The van der Waals surface area contributed by atoms with Crippen LogP contribution in [0.1, 0.15) is 39.9 Å². The van der Waals surface area contributed by atoms with Crippen molar-refractivity contribution in [3.05, 3.63) is 70.8 Å². The van der Waals surface area contributed by atoms with E-state index in [4.69, 9.17) is 4.74 Å². The maximum absolute atomic E-state index is 12.6. The molecule has 2 aromatic rings. The van der Waals surface area contributed by atoms with Gasteiger partial charge in [-0.3, -0.25) is 4.79 Å². The lowest BCUT2D eigenvalue weighted by atomic mass is 9.72. The summed E-state index contributed by atoms with van der Waals surface area (Å²) in [6.07, 6.45) is 1.76. The molecule has 1 aliphatic rings. The molecule has 1 fully saturated rings. The smallest absolute Gasteiger partial charge is 0.335 e. The van der Waals surface area contributed by atoms with E-state index >= 15 is 0 Å². The minimum atomic E-state index is -1.01. The number of aryl methyl sites for hydroxylation is 1. The summed E-state index contributed by atoms with van der Waals surface area (Å²) < 4.78 is 5.55. The van der Waals surface area contributed by atoms with Gasteiger partial charge in [0.05, 0.1) is 12.0 Å². The van der Waals surface area contributed by atoms with Gasteiger partial charge in [-0.15, -0.1) is 0 Å². The molecule has 2 aromatic carbocycles. The van der Waals surface area contributed by atoms with Gasteiger partial charge in [-0.1, -0.05) is 42.5 Å². The molecular formula is C22H25NO4. The molecule has 3 rings (SSSR count). The van der Waals surface area contributed by atoms with Crippen molar-refractivity contribution in [1.29, 1.82) is 0 Å². The molecule has 0 spiro atoms. The maximum atomic E-state index is 12.6. The van der Waals surface area contributed by atoms with Crippen LogP contribution in [-0.4, -0.2) is 36.7 Å². The number of benzene rings is 2. The van der Waals surface area contributed by atoms with Crippen molar-refractivity contribution in [3.63, 3.8) is 0 Å². The fourth-order valence-electron chi connectivity index (χ4n) is 3.86. The summed E-state index contributed by atoms with van der Waals surface area (Å²) >= 11 is 0. The molecule has 0 aliphatic carbocycles. The molecule has 0 aromatic heterocycles. The molecule has 1 heterocycles. The van der Waals surface area contributed by atoms with Crippen LogP contribution in [0.3, 0.4) is 0 Å². The van der Waals surface area contributed by atoms with Crippen molar-refractivity contribution in [3.8, 4) is 0 Å². The molecule has 1 aliphatic heterocycles. The molecule has 1 saturated heterocycles. The van der Waals surface area contributed by atoms with Gasteiger partial charge in [0.25, 0.3) is 0 Å². The first-order chi connectivity index (χ1) is 13.0. The Balaban J connectivity index is 1.74. The summed E-state index contributed by atoms with van der Waals surface area (Å²) in [7, 11) is 0. The molecule has 5 nitrogen and oxygen atoms in total. The van der Waals surface area contributed by atoms with Crippen LogP contribution in [-0.2, 0) is 21.4 Å². The van der Waals surface area contributed by atoms with Crippen LogP contribution in [0.5, 0.6) is 0 Å². The molecule has 0 saturated carbocycles. The van der Waals surface area contributed by atoms with Crippen molar-refractivity contribution in [2.45, 2.75) is 31.6 Å². The summed E-state index contributed by atoms with van der Waals surface area (Å²) in [6, 6.07) is 14.9. The van der Waals surface area contributed by atoms with Gasteiger partial charge in [0, 0.05) is 25.2 Å². The van der Waals surface area contributed by atoms with E-state index in [-0.39, 0.29) is 23.3 Å². The second kappa shape index (κ2) is 8.35. The quantitative estimate of drug-likeness (QED) is 0.823. The van der Waals surface area contributed by atoms with Crippen LogP contribution >= 0.6 is 0 Å². The predicted molar refractivity (Wildman–Crippen MR) is 103 cm³/mol. The largest absolute Gasteiger partial charge is 0.478 e. The molecule has 2 N–H and O–H groups in total. The topological polar surface area (TPSA) is 75.6 Å². The van der Waals surface area contributed by atoms with Crippen LogP contribution < -0.4 is 5.32 Å². The van der Waals surface area contributed by atoms with Crippen molar-refractivity contribution >= 4 is 11.9 Å². The highest BCUT2D eigenvalue weighted by Crippen LogP contribution is 2.36. The van der Waals surface area contributed by atoms with Crippen LogP contribution in [0.15, 0.2) is 48.5 Å². The Kier molecular flexibility index (Phi) is 5.91. The summed E-state index contributed by atoms with van der Waals surface area (Å²) in [5.41, 5.74) is 3.02. The maximum Gasteiger partial charge on any atom is 0.335 e. The summed E-state index contributed by atoms with van der Waals surface area (Å²) in [5, 5.41) is 12.3. The minimum absolute atomic E-state index is 0.0584. The van der Waals surface area contributed by atoms with E-state index in [1.807, 2.05) is 12.1 Å².